The first-order valence-corrected chi connectivity index (χ1v) is 4.94. The molecule has 0 aliphatic heterocycles. The van der Waals surface area contributed by atoms with Gasteiger partial charge in [-0.3, -0.25) is 4.79 Å². The average Bonchev–Trinajstić information content (AvgIpc) is 2.22. The highest BCUT2D eigenvalue weighted by Gasteiger charge is 2.03. The largest absolute Gasteiger partial charge is 0.322 e. The molecule has 1 heterocycles. The van der Waals surface area contributed by atoms with Crippen LogP contribution in [0.1, 0.15) is 11.1 Å². The van der Waals surface area contributed by atoms with Gasteiger partial charge in [-0.2, -0.15) is 0 Å². The predicted molar refractivity (Wildman–Crippen MR) is 62.0 cm³/mol. The third-order valence-corrected chi connectivity index (χ3v) is 2.66. The van der Waals surface area contributed by atoms with Gasteiger partial charge in [-0.05, 0) is 31.0 Å². The first kappa shape index (κ1) is 9.71. The molecule has 0 unspecified atom stereocenters. The molecule has 0 atom stereocenters. The minimum absolute atomic E-state index is 0.0617. The van der Waals surface area contributed by atoms with E-state index < -0.39 is 0 Å². The van der Waals surface area contributed by atoms with Gasteiger partial charge in [0.1, 0.15) is 0 Å². The Morgan fingerprint density at radius 3 is 2.47 bits per heavy atom. The van der Waals surface area contributed by atoms with Gasteiger partial charge in [-0.15, -0.1) is 0 Å². The second kappa shape index (κ2) is 3.73. The van der Waals surface area contributed by atoms with E-state index in [1.165, 1.54) is 17.2 Å². The highest BCUT2D eigenvalue weighted by molar-refractivity contribution is 5.64. The number of aromatic amines is 1. The molecule has 2 rings (SSSR count). The molecule has 1 N–H and O–H groups in total. The number of rotatable bonds is 1. The van der Waals surface area contributed by atoms with Crippen molar-refractivity contribution in [2.45, 2.75) is 13.8 Å². The van der Waals surface area contributed by atoms with E-state index >= 15 is 0 Å². The normalized spacial score (nSPS) is 10.3. The maximum Gasteiger partial charge on any atom is 0.248 e. The molecule has 0 saturated heterocycles. The summed E-state index contributed by atoms with van der Waals surface area (Å²) < 4.78 is 0. The zero-order valence-corrected chi connectivity index (χ0v) is 8.87. The number of pyridine rings is 1. The molecule has 0 spiro atoms. The molecule has 2 nitrogen and oxygen atoms in total. The zero-order chi connectivity index (χ0) is 10.8. The lowest BCUT2D eigenvalue weighted by atomic mass is 10.0. The fourth-order valence-electron chi connectivity index (χ4n) is 1.65. The molecule has 1 aromatic heterocycles. The van der Waals surface area contributed by atoms with Gasteiger partial charge >= 0.3 is 0 Å². The standard InChI is InChI=1S/C13H13NO/c1-9-5-3-6-11(10(9)2)12-7-4-8-13(15)14-12/h3-8H,1-2H3,(H,14,15). The minimum atomic E-state index is -0.0617. The predicted octanol–water partition coefficient (Wildman–Crippen LogP) is 2.66. The van der Waals surface area contributed by atoms with Crippen LogP contribution in [-0.4, -0.2) is 4.98 Å². The van der Waals surface area contributed by atoms with Crippen LogP contribution in [0.3, 0.4) is 0 Å². The molecule has 2 heteroatoms. The Balaban J connectivity index is 2.64. The number of aromatic nitrogens is 1. The fraction of sp³-hybridized carbons (Fsp3) is 0.154. The summed E-state index contributed by atoms with van der Waals surface area (Å²) in [4.78, 5) is 14.0. The lowest BCUT2D eigenvalue weighted by Gasteiger charge is -2.07. The van der Waals surface area contributed by atoms with Crippen molar-refractivity contribution in [1.82, 2.24) is 4.98 Å². The number of hydrogen-bond acceptors (Lipinski definition) is 1. The number of nitrogens with one attached hydrogen (secondary N) is 1. The van der Waals surface area contributed by atoms with Crippen LogP contribution >= 0.6 is 0 Å². The molecule has 0 radical (unpaired) electrons. The van der Waals surface area contributed by atoms with Crippen molar-refractivity contribution < 1.29 is 0 Å². The van der Waals surface area contributed by atoms with Gasteiger partial charge in [-0.1, -0.05) is 24.3 Å². The summed E-state index contributed by atoms with van der Waals surface area (Å²) in [6.45, 7) is 4.13. The minimum Gasteiger partial charge on any atom is -0.322 e. The Labute approximate surface area is 88.6 Å². The van der Waals surface area contributed by atoms with Crippen LogP contribution in [0.2, 0.25) is 0 Å². The van der Waals surface area contributed by atoms with E-state index in [4.69, 9.17) is 0 Å². The van der Waals surface area contributed by atoms with Crippen LogP contribution in [0.15, 0.2) is 41.2 Å². The van der Waals surface area contributed by atoms with E-state index in [2.05, 4.69) is 24.9 Å². The van der Waals surface area contributed by atoms with Crippen molar-refractivity contribution in [3.8, 4) is 11.3 Å². The summed E-state index contributed by atoms with van der Waals surface area (Å²) in [5.74, 6) is 0. The van der Waals surface area contributed by atoms with E-state index in [0.717, 1.165) is 11.3 Å². The van der Waals surface area contributed by atoms with Gasteiger partial charge in [0.15, 0.2) is 0 Å². The topological polar surface area (TPSA) is 32.9 Å². The summed E-state index contributed by atoms with van der Waals surface area (Å²) in [5.41, 5.74) is 4.35. The van der Waals surface area contributed by atoms with Crippen LogP contribution in [0, 0.1) is 13.8 Å². The van der Waals surface area contributed by atoms with Gasteiger partial charge in [0, 0.05) is 17.3 Å². The van der Waals surface area contributed by atoms with Crippen molar-refractivity contribution in [2.75, 3.05) is 0 Å². The van der Waals surface area contributed by atoms with E-state index in [0.29, 0.717) is 0 Å². The highest BCUT2D eigenvalue weighted by atomic mass is 16.1. The molecule has 0 amide bonds. The molecular weight excluding hydrogens is 186 g/mol. The second-order valence-corrected chi connectivity index (χ2v) is 3.68. The van der Waals surface area contributed by atoms with Gasteiger partial charge in [0.25, 0.3) is 0 Å². The Bertz CT molecular complexity index is 540. The zero-order valence-electron chi connectivity index (χ0n) is 8.87. The van der Waals surface area contributed by atoms with E-state index in [-0.39, 0.29) is 5.56 Å². The van der Waals surface area contributed by atoms with Crippen LogP contribution in [-0.2, 0) is 0 Å². The van der Waals surface area contributed by atoms with Gasteiger partial charge in [0.2, 0.25) is 5.56 Å². The maximum absolute atomic E-state index is 11.2. The molecule has 15 heavy (non-hydrogen) atoms. The van der Waals surface area contributed by atoms with E-state index in [1.807, 2.05) is 18.2 Å². The highest BCUT2D eigenvalue weighted by Crippen LogP contribution is 2.22. The first-order valence-electron chi connectivity index (χ1n) is 4.94. The first-order chi connectivity index (χ1) is 7.18. The van der Waals surface area contributed by atoms with Crippen LogP contribution < -0.4 is 5.56 Å². The number of H-pyrrole nitrogens is 1. The average molecular weight is 199 g/mol. The van der Waals surface area contributed by atoms with Crippen molar-refractivity contribution >= 4 is 0 Å². The second-order valence-electron chi connectivity index (χ2n) is 3.68. The van der Waals surface area contributed by atoms with Gasteiger partial charge < -0.3 is 4.98 Å². The molecule has 0 aliphatic carbocycles. The smallest absolute Gasteiger partial charge is 0.248 e. The molecule has 0 saturated carbocycles. The number of aryl methyl sites for hydroxylation is 1. The van der Waals surface area contributed by atoms with Crippen LogP contribution in [0.5, 0.6) is 0 Å². The van der Waals surface area contributed by atoms with Crippen molar-refractivity contribution in [2.24, 2.45) is 0 Å². The van der Waals surface area contributed by atoms with Crippen molar-refractivity contribution in [3.63, 3.8) is 0 Å². The fourth-order valence-corrected chi connectivity index (χ4v) is 1.65. The number of benzene rings is 1. The molecule has 1 aromatic carbocycles. The van der Waals surface area contributed by atoms with Gasteiger partial charge in [-0.25, -0.2) is 0 Å². The van der Waals surface area contributed by atoms with E-state index in [9.17, 15) is 4.79 Å². The molecule has 0 bridgehead atoms. The quantitative estimate of drug-likeness (QED) is 0.752. The molecule has 2 aromatic rings. The van der Waals surface area contributed by atoms with E-state index in [1.54, 1.807) is 6.07 Å². The number of hydrogen-bond donors (Lipinski definition) is 1. The third-order valence-electron chi connectivity index (χ3n) is 2.66. The lowest BCUT2D eigenvalue weighted by molar-refractivity contribution is 1.22. The summed E-state index contributed by atoms with van der Waals surface area (Å²) in [6, 6.07) is 11.3. The molecule has 0 aliphatic rings. The summed E-state index contributed by atoms with van der Waals surface area (Å²) in [6.07, 6.45) is 0. The monoisotopic (exact) mass is 199 g/mol. The molecule has 76 valence electrons. The van der Waals surface area contributed by atoms with Crippen LogP contribution in [0.4, 0.5) is 0 Å². The third kappa shape index (κ3) is 1.84. The summed E-state index contributed by atoms with van der Waals surface area (Å²) in [5, 5.41) is 0. The Morgan fingerprint density at radius 2 is 1.73 bits per heavy atom. The SMILES string of the molecule is Cc1cccc(-c2cccc(=O)[nH]2)c1C. The lowest BCUT2D eigenvalue weighted by Crippen LogP contribution is -2.04. The summed E-state index contributed by atoms with van der Waals surface area (Å²) >= 11 is 0. The maximum atomic E-state index is 11.2. The Morgan fingerprint density at radius 1 is 1.00 bits per heavy atom. The van der Waals surface area contributed by atoms with Gasteiger partial charge in [0.05, 0.1) is 0 Å². The molecular formula is C13H13NO. The Kier molecular flexibility index (Phi) is 2.42. The van der Waals surface area contributed by atoms with Crippen molar-refractivity contribution in [1.29, 1.82) is 0 Å². The van der Waals surface area contributed by atoms with Crippen molar-refractivity contribution in [3.05, 3.63) is 57.9 Å². The Hall–Kier alpha value is -1.83. The summed E-state index contributed by atoms with van der Waals surface area (Å²) in [7, 11) is 0. The molecule has 0 fully saturated rings. The van der Waals surface area contributed by atoms with Crippen LogP contribution in [0.25, 0.3) is 11.3 Å².